The molecule has 5 nitrogen and oxygen atoms in total. The second-order valence-electron chi connectivity index (χ2n) is 4.29. The van der Waals surface area contributed by atoms with E-state index in [4.69, 9.17) is 10.3 Å². The van der Waals surface area contributed by atoms with Crippen LogP contribution in [0.1, 0.15) is 46.0 Å². The number of carbonyl (C=O) groups is 1. The van der Waals surface area contributed by atoms with Gasteiger partial charge in [0, 0.05) is 11.0 Å². The lowest BCUT2D eigenvalue weighted by molar-refractivity contribution is -0.158. The maximum absolute atomic E-state index is 11.9. The molecule has 0 aromatic heterocycles. The largest absolute Gasteiger partial charge is 0.466 e. The highest BCUT2D eigenvalue weighted by atomic mass is 16.5. The van der Waals surface area contributed by atoms with Gasteiger partial charge in [-0.25, -0.2) is 0 Å². The highest BCUT2D eigenvalue weighted by Gasteiger charge is 2.41. The lowest BCUT2D eigenvalue weighted by Crippen LogP contribution is -2.37. The molecule has 0 spiro atoms. The minimum Gasteiger partial charge on any atom is -0.466 e. The standard InChI is InChI=1S/C11H19N3O2/c1-3-11(10(15)16-4-2)7-5-9(6-8-11)13-14-12/h9H,3-8H2,1-2H3. The molecule has 0 radical (unpaired) electrons. The number of hydrogen-bond acceptors (Lipinski definition) is 3. The fourth-order valence-corrected chi connectivity index (χ4v) is 2.33. The number of esters is 1. The molecule has 0 aromatic rings. The molecule has 1 rings (SSSR count). The summed E-state index contributed by atoms with van der Waals surface area (Å²) in [7, 11) is 0. The van der Waals surface area contributed by atoms with Gasteiger partial charge in [0.2, 0.25) is 0 Å². The summed E-state index contributed by atoms with van der Waals surface area (Å²) >= 11 is 0. The summed E-state index contributed by atoms with van der Waals surface area (Å²) in [6, 6.07) is 0.0547. The molecule has 0 aromatic carbocycles. The van der Waals surface area contributed by atoms with Gasteiger partial charge in [0.15, 0.2) is 0 Å². The number of azide groups is 1. The predicted octanol–water partition coefficient (Wildman–Crippen LogP) is 3.20. The topological polar surface area (TPSA) is 75.1 Å². The van der Waals surface area contributed by atoms with Gasteiger partial charge >= 0.3 is 5.97 Å². The van der Waals surface area contributed by atoms with Crippen molar-refractivity contribution < 1.29 is 9.53 Å². The normalized spacial score (nSPS) is 29.2. The SMILES string of the molecule is CCOC(=O)C1(CC)CCC(N=[N+]=[N-])CC1. The van der Waals surface area contributed by atoms with E-state index in [1.807, 2.05) is 13.8 Å². The summed E-state index contributed by atoms with van der Waals surface area (Å²) in [6.45, 7) is 4.28. The van der Waals surface area contributed by atoms with Crippen LogP contribution in [0.15, 0.2) is 5.11 Å². The highest BCUT2D eigenvalue weighted by molar-refractivity contribution is 5.76. The zero-order valence-electron chi connectivity index (χ0n) is 9.98. The summed E-state index contributed by atoms with van der Waals surface area (Å²) in [5.74, 6) is -0.0862. The van der Waals surface area contributed by atoms with Crippen molar-refractivity contribution in [2.24, 2.45) is 10.5 Å². The molecular formula is C11H19N3O2. The van der Waals surface area contributed by atoms with Crippen molar-refractivity contribution in [3.63, 3.8) is 0 Å². The molecule has 0 heterocycles. The van der Waals surface area contributed by atoms with Gasteiger partial charge in [0.1, 0.15) is 0 Å². The second-order valence-corrected chi connectivity index (χ2v) is 4.29. The molecule has 1 aliphatic carbocycles. The molecule has 5 heteroatoms. The van der Waals surface area contributed by atoms with E-state index >= 15 is 0 Å². The minimum absolute atomic E-state index is 0.0547. The first-order valence-corrected chi connectivity index (χ1v) is 5.90. The summed E-state index contributed by atoms with van der Waals surface area (Å²) in [6.07, 6.45) is 3.92. The average Bonchev–Trinajstić information content (AvgIpc) is 2.31. The van der Waals surface area contributed by atoms with E-state index in [1.54, 1.807) is 0 Å². The first-order chi connectivity index (χ1) is 7.68. The van der Waals surface area contributed by atoms with E-state index in [2.05, 4.69) is 10.0 Å². The average molecular weight is 225 g/mol. The zero-order chi connectivity index (χ0) is 12.0. The molecule has 90 valence electrons. The number of ether oxygens (including phenoxy) is 1. The molecule has 0 amide bonds. The first kappa shape index (κ1) is 12.8. The Kier molecular flexibility index (Phi) is 4.62. The second kappa shape index (κ2) is 5.75. The number of rotatable bonds is 4. The van der Waals surface area contributed by atoms with E-state index < -0.39 is 0 Å². The van der Waals surface area contributed by atoms with Crippen molar-refractivity contribution in [1.29, 1.82) is 0 Å². The van der Waals surface area contributed by atoms with Crippen LogP contribution in [0.5, 0.6) is 0 Å². The van der Waals surface area contributed by atoms with Gasteiger partial charge in [0.05, 0.1) is 12.0 Å². The molecule has 16 heavy (non-hydrogen) atoms. The van der Waals surface area contributed by atoms with Crippen LogP contribution in [-0.4, -0.2) is 18.6 Å². The minimum atomic E-state index is -0.336. The van der Waals surface area contributed by atoms with Crippen LogP contribution < -0.4 is 0 Å². The van der Waals surface area contributed by atoms with Crippen LogP contribution >= 0.6 is 0 Å². The van der Waals surface area contributed by atoms with Gasteiger partial charge in [-0.2, -0.15) is 0 Å². The van der Waals surface area contributed by atoms with E-state index in [-0.39, 0.29) is 17.4 Å². The third-order valence-electron chi connectivity index (χ3n) is 3.51. The predicted molar refractivity (Wildman–Crippen MR) is 60.8 cm³/mol. The molecule has 1 aliphatic rings. The smallest absolute Gasteiger partial charge is 0.312 e. The van der Waals surface area contributed by atoms with E-state index in [0.717, 1.165) is 32.1 Å². The van der Waals surface area contributed by atoms with Gasteiger partial charge < -0.3 is 4.74 Å². The maximum Gasteiger partial charge on any atom is 0.312 e. The molecule has 1 fully saturated rings. The third-order valence-corrected chi connectivity index (χ3v) is 3.51. The molecule has 0 bridgehead atoms. The van der Waals surface area contributed by atoms with Crippen LogP contribution in [0.2, 0.25) is 0 Å². The van der Waals surface area contributed by atoms with Crippen LogP contribution in [-0.2, 0) is 9.53 Å². The summed E-state index contributed by atoms with van der Waals surface area (Å²) < 4.78 is 5.13. The van der Waals surface area contributed by atoms with Crippen LogP contribution in [0, 0.1) is 5.41 Å². The Morgan fingerprint density at radius 1 is 1.50 bits per heavy atom. The lowest BCUT2D eigenvalue weighted by atomic mass is 9.71. The van der Waals surface area contributed by atoms with Crippen molar-refractivity contribution in [2.45, 2.75) is 52.0 Å². The fraction of sp³-hybridized carbons (Fsp3) is 0.909. The van der Waals surface area contributed by atoms with Crippen molar-refractivity contribution in [3.8, 4) is 0 Å². The van der Waals surface area contributed by atoms with Gasteiger partial charge in [-0.1, -0.05) is 12.0 Å². The van der Waals surface area contributed by atoms with Crippen molar-refractivity contribution in [1.82, 2.24) is 0 Å². The van der Waals surface area contributed by atoms with Gasteiger partial charge in [-0.15, -0.1) is 0 Å². The van der Waals surface area contributed by atoms with Crippen molar-refractivity contribution in [3.05, 3.63) is 10.4 Å². The van der Waals surface area contributed by atoms with Crippen molar-refractivity contribution >= 4 is 5.97 Å². The molecule has 0 aliphatic heterocycles. The van der Waals surface area contributed by atoms with Crippen LogP contribution in [0.25, 0.3) is 10.4 Å². The number of hydrogen-bond donors (Lipinski definition) is 0. The van der Waals surface area contributed by atoms with E-state index in [9.17, 15) is 4.79 Å². The maximum atomic E-state index is 11.9. The molecule has 0 saturated heterocycles. The van der Waals surface area contributed by atoms with Gasteiger partial charge in [0.25, 0.3) is 0 Å². The number of carbonyl (C=O) groups excluding carboxylic acids is 1. The fourth-order valence-electron chi connectivity index (χ4n) is 2.33. The van der Waals surface area contributed by atoms with Gasteiger partial charge in [-0.3, -0.25) is 4.79 Å². The molecule has 0 atom stereocenters. The van der Waals surface area contributed by atoms with Crippen LogP contribution in [0.3, 0.4) is 0 Å². The third kappa shape index (κ3) is 2.67. The van der Waals surface area contributed by atoms with Gasteiger partial charge in [-0.05, 0) is 44.6 Å². The molecule has 0 unspecified atom stereocenters. The van der Waals surface area contributed by atoms with Crippen molar-refractivity contribution in [2.75, 3.05) is 6.61 Å². The lowest BCUT2D eigenvalue weighted by Gasteiger charge is -2.36. The Balaban J connectivity index is 2.64. The Labute approximate surface area is 95.8 Å². The first-order valence-electron chi connectivity index (χ1n) is 5.90. The molecule has 0 N–H and O–H groups in total. The Bertz CT molecular complexity index is 290. The Morgan fingerprint density at radius 2 is 2.12 bits per heavy atom. The number of nitrogens with zero attached hydrogens (tertiary/aromatic N) is 3. The summed E-state index contributed by atoms with van der Waals surface area (Å²) in [5.41, 5.74) is 8.03. The molecular weight excluding hydrogens is 206 g/mol. The van der Waals surface area contributed by atoms with E-state index in [0.29, 0.717) is 6.61 Å². The summed E-state index contributed by atoms with van der Waals surface area (Å²) in [4.78, 5) is 14.7. The zero-order valence-corrected chi connectivity index (χ0v) is 9.98. The Morgan fingerprint density at radius 3 is 2.56 bits per heavy atom. The Hall–Kier alpha value is -1.22. The van der Waals surface area contributed by atoms with E-state index in [1.165, 1.54) is 0 Å². The summed E-state index contributed by atoms with van der Waals surface area (Å²) in [5, 5.41) is 3.72. The van der Waals surface area contributed by atoms with Crippen LogP contribution in [0.4, 0.5) is 0 Å². The quantitative estimate of drug-likeness (QED) is 0.319. The highest BCUT2D eigenvalue weighted by Crippen LogP contribution is 2.41. The monoisotopic (exact) mass is 225 g/mol. The molecule has 1 saturated carbocycles.